The van der Waals surface area contributed by atoms with Crippen molar-refractivity contribution >= 4 is 52.0 Å². The van der Waals surface area contributed by atoms with E-state index in [9.17, 15) is 4.79 Å². The Bertz CT molecular complexity index is 774. The molecule has 9 heteroatoms. The summed E-state index contributed by atoms with van der Waals surface area (Å²) in [7, 11) is 1.73. The smallest absolute Gasteiger partial charge is 0.376 e. The largest absolute Gasteiger partial charge is 0.460 e. The van der Waals surface area contributed by atoms with E-state index in [0.29, 0.717) is 4.99 Å². The number of thiocarbonyl (C=S) groups is 2. The first-order valence-corrected chi connectivity index (χ1v) is 8.79. The molecule has 0 bridgehead atoms. The molecule has 1 aromatic rings. The van der Waals surface area contributed by atoms with Crippen LogP contribution in [0.25, 0.3) is 0 Å². The number of rotatable bonds is 3. The Balaban J connectivity index is 2.40. The van der Waals surface area contributed by atoms with Gasteiger partial charge in [0.15, 0.2) is 0 Å². The number of hydrogen-bond acceptors (Lipinski definition) is 7. The summed E-state index contributed by atoms with van der Waals surface area (Å²) in [6, 6.07) is 7.59. The summed E-state index contributed by atoms with van der Waals surface area (Å²) < 4.78 is 5.13. The number of benzene rings is 1. The molecule has 0 aromatic heterocycles. The predicted octanol–water partition coefficient (Wildman–Crippen LogP) is 2.55. The zero-order valence-electron chi connectivity index (χ0n) is 15.1. The Morgan fingerprint density at radius 2 is 1.92 bits per heavy atom. The fourth-order valence-electron chi connectivity index (χ4n) is 2.16. The molecule has 2 N–H and O–H groups in total. The molecule has 1 aliphatic rings. The molecule has 1 aromatic carbocycles. The third kappa shape index (κ3) is 4.77. The number of anilines is 1. The Morgan fingerprint density at radius 3 is 2.54 bits per heavy atom. The number of aryl methyl sites for hydroxylation is 1. The lowest BCUT2D eigenvalue weighted by Crippen LogP contribution is -2.51. The average molecular weight is 392 g/mol. The van der Waals surface area contributed by atoms with Crippen LogP contribution < -0.4 is 10.9 Å². The summed E-state index contributed by atoms with van der Waals surface area (Å²) in [5.41, 5.74) is 8.55. The van der Waals surface area contributed by atoms with Crippen LogP contribution in [0.2, 0.25) is 0 Å². The van der Waals surface area contributed by atoms with E-state index < -0.39 is 5.97 Å². The fourth-order valence-corrected chi connectivity index (χ4v) is 2.80. The number of carbonyl (C=O) groups is 1. The van der Waals surface area contributed by atoms with Crippen LogP contribution >= 0.6 is 24.4 Å². The molecule has 1 heterocycles. The highest BCUT2D eigenvalue weighted by Gasteiger charge is 2.31. The van der Waals surface area contributed by atoms with Crippen LogP contribution in [0.1, 0.15) is 19.4 Å². The maximum absolute atomic E-state index is 12.5. The molecule has 0 saturated carbocycles. The molecule has 138 valence electrons. The average Bonchev–Trinajstić information content (AvgIpc) is 2.67. The van der Waals surface area contributed by atoms with Crippen molar-refractivity contribution in [2.75, 3.05) is 19.1 Å². The Hall–Kier alpha value is -2.52. The summed E-state index contributed by atoms with van der Waals surface area (Å²) in [5.74, 6) is -0.666. The standard InChI is InChI=1S/C17H21N5O2S2/c1-5-24-16(23)15(19-18-13-8-6-11(2)7-9-13)22-14(25)10-12(3)20-21(4)17(22)26/h6-10,18,20H,5H2,1-4H3/b19-15+. The number of ether oxygens (including phenoxy) is 1. The molecule has 7 nitrogen and oxygen atoms in total. The van der Waals surface area contributed by atoms with E-state index >= 15 is 0 Å². The van der Waals surface area contributed by atoms with Crippen molar-refractivity contribution in [3.8, 4) is 0 Å². The van der Waals surface area contributed by atoms with Gasteiger partial charge in [-0.25, -0.2) is 4.79 Å². The number of allylic oxidation sites excluding steroid dienone is 1. The van der Waals surface area contributed by atoms with Crippen LogP contribution in [0.3, 0.4) is 0 Å². The number of amidine groups is 1. The monoisotopic (exact) mass is 391 g/mol. The van der Waals surface area contributed by atoms with Crippen molar-refractivity contribution in [1.29, 1.82) is 0 Å². The van der Waals surface area contributed by atoms with Crippen molar-refractivity contribution < 1.29 is 9.53 Å². The molecular formula is C17H21N5O2S2. The first kappa shape index (κ1) is 19.8. The molecule has 0 fully saturated rings. The normalized spacial score (nSPS) is 15.2. The Morgan fingerprint density at radius 1 is 1.27 bits per heavy atom. The quantitative estimate of drug-likeness (QED) is 0.268. The molecule has 0 radical (unpaired) electrons. The SMILES string of the molecule is CCOC(=O)/C(=N\Nc1ccc(C)cc1)N1C(=S)C=C(C)NN(C)C1=S. The molecule has 0 amide bonds. The van der Waals surface area contributed by atoms with E-state index in [1.807, 2.05) is 38.1 Å². The lowest BCUT2D eigenvalue weighted by Gasteiger charge is -2.28. The summed E-state index contributed by atoms with van der Waals surface area (Å²) in [5, 5.41) is 6.09. The van der Waals surface area contributed by atoms with Gasteiger partial charge in [-0.3, -0.25) is 15.3 Å². The van der Waals surface area contributed by atoms with Crippen molar-refractivity contribution in [3.63, 3.8) is 0 Å². The number of esters is 1. The Labute approximate surface area is 163 Å². The van der Waals surface area contributed by atoms with Gasteiger partial charge in [0.2, 0.25) is 10.9 Å². The molecule has 1 aliphatic heterocycles. The summed E-state index contributed by atoms with van der Waals surface area (Å²) in [6.07, 6.45) is 1.70. The lowest BCUT2D eigenvalue weighted by atomic mass is 10.2. The van der Waals surface area contributed by atoms with E-state index in [4.69, 9.17) is 29.2 Å². The number of hydrazine groups is 1. The highest BCUT2D eigenvalue weighted by atomic mass is 32.1. The minimum Gasteiger partial charge on any atom is -0.460 e. The summed E-state index contributed by atoms with van der Waals surface area (Å²) in [4.78, 5) is 14.2. The predicted molar refractivity (Wildman–Crippen MR) is 111 cm³/mol. The van der Waals surface area contributed by atoms with Crippen LogP contribution in [0.5, 0.6) is 0 Å². The summed E-state index contributed by atoms with van der Waals surface area (Å²) in [6.45, 7) is 5.77. The first-order chi connectivity index (χ1) is 12.3. The van der Waals surface area contributed by atoms with Crippen LogP contribution in [-0.2, 0) is 9.53 Å². The third-order valence-electron chi connectivity index (χ3n) is 3.39. The molecular weight excluding hydrogens is 370 g/mol. The topological polar surface area (TPSA) is 69.2 Å². The highest BCUT2D eigenvalue weighted by Crippen LogP contribution is 2.12. The first-order valence-electron chi connectivity index (χ1n) is 7.97. The molecule has 26 heavy (non-hydrogen) atoms. The van der Waals surface area contributed by atoms with Crippen molar-refractivity contribution in [3.05, 3.63) is 41.6 Å². The molecule has 0 saturated heterocycles. The molecule has 0 spiro atoms. The van der Waals surface area contributed by atoms with E-state index in [1.165, 1.54) is 4.90 Å². The second kappa shape index (κ2) is 8.72. The number of hydrazone groups is 1. The van der Waals surface area contributed by atoms with E-state index in [1.54, 1.807) is 25.1 Å². The van der Waals surface area contributed by atoms with Gasteiger partial charge in [0.05, 0.1) is 12.3 Å². The van der Waals surface area contributed by atoms with Crippen LogP contribution in [0.4, 0.5) is 5.69 Å². The van der Waals surface area contributed by atoms with Crippen molar-refractivity contribution in [2.45, 2.75) is 20.8 Å². The zero-order chi connectivity index (χ0) is 19.3. The zero-order valence-corrected chi connectivity index (χ0v) is 16.7. The highest BCUT2D eigenvalue weighted by molar-refractivity contribution is 7.82. The Kier molecular flexibility index (Phi) is 6.64. The van der Waals surface area contributed by atoms with Gasteiger partial charge in [0, 0.05) is 12.7 Å². The number of carbonyl (C=O) groups excluding carboxylic acids is 1. The van der Waals surface area contributed by atoms with Gasteiger partial charge in [-0.2, -0.15) is 0 Å². The molecule has 0 unspecified atom stereocenters. The second-order valence-electron chi connectivity index (χ2n) is 5.59. The maximum Gasteiger partial charge on any atom is 0.376 e. The maximum atomic E-state index is 12.5. The number of nitrogens with zero attached hydrogens (tertiary/aromatic N) is 3. The van der Waals surface area contributed by atoms with Crippen LogP contribution in [0.15, 0.2) is 41.1 Å². The molecule has 2 rings (SSSR count). The minimum atomic E-state index is -0.627. The van der Waals surface area contributed by atoms with E-state index in [2.05, 4.69) is 16.0 Å². The number of nitrogens with one attached hydrogen (secondary N) is 2. The van der Waals surface area contributed by atoms with Gasteiger partial charge in [0.25, 0.3) is 0 Å². The van der Waals surface area contributed by atoms with Crippen LogP contribution in [0, 0.1) is 6.92 Å². The third-order valence-corrected chi connectivity index (χ3v) is 4.15. The van der Waals surface area contributed by atoms with Gasteiger partial charge in [-0.15, -0.1) is 5.10 Å². The molecule has 0 aliphatic carbocycles. The van der Waals surface area contributed by atoms with E-state index in [-0.39, 0.29) is 17.6 Å². The minimum absolute atomic E-state index is 0.0398. The van der Waals surface area contributed by atoms with Gasteiger partial charge < -0.3 is 10.2 Å². The van der Waals surface area contributed by atoms with Gasteiger partial charge in [-0.05, 0) is 51.2 Å². The number of hydrogen-bond donors (Lipinski definition) is 2. The van der Waals surface area contributed by atoms with Gasteiger partial charge >= 0.3 is 5.97 Å². The molecule has 0 atom stereocenters. The van der Waals surface area contributed by atoms with Crippen molar-refractivity contribution in [1.82, 2.24) is 15.3 Å². The van der Waals surface area contributed by atoms with E-state index in [0.717, 1.165) is 16.9 Å². The summed E-state index contributed by atoms with van der Waals surface area (Å²) >= 11 is 10.9. The lowest BCUT2D eigenvalue weighted by molar-refractivity contribution is -0.135. The van der Waals surface area contributed by atoms with Crippen LogP contribution in [-0.4, -0.2) is 45.5 Å². The second-order valence-corrected chi connectivity index (χ2v) is 6.37. The fraction of sp³-hybridized carbons (Fsp3) is 0.294. The van der Waals surface area contributed by atoms with Crippen molar-refractivity contribution in [2.24, 2.45) is 5.10 Å². The van der Waals surface area contributed by atoms with Gasteiger partial charge in [-0.1, -0.05) is 29.9 Å². The van der Waals surface area contributed by atoms with Gasteiger partial charge in [0.1, 0.15) is 4.99 Å².